The van der Waals surface area contributed by atoms with E-state index >= 15 is 0 Å². The van der Waals surface area contributed by atoms with Crippen LogP contribution in [0.3, 0.4) is 0 Å². The average molecular weight is 326 g/mol. The lowest BCUT2D eigenvalue weighted by atomic mass is 10.1. The number of nitrogens with one attached hydrogen (secondary N) is 1. The molecule has 0 bridgehead atoms. The summed E-state index contributed by atoms with van der Waals surface area (Å²) in [7, 11) is 0. The first-order valence-corrected chi connectivity index (χ1v) is 8.14. The van der Waals surface area contributed by atoms with Gasteiger partial charge in [-0.1, -0.05) is 30.3 Å². The van der Waals surface area contributed by atoms with Crippen LogP contribution in [-0.2, 0) is 0 Å². The van der Waals surface area contributed by atoms with Gasteiger partial charge in [-0.25, -0.2) is 4.79 Å². The molecule has 1 unspecified atom stereocenters. The van der Waals surface area contributed by atoms with Crippen molar-refractivity contribution < 1.29 is 9.90 Å². The first-order valence-electron chi connectivity index (χ1n) is 8.14. The summed E-state index contributed by atoms with van der Waals surface area (Å²) in [6.45, 7) is 3.40. The Morgan fingerprint density at radius 3 is 2.42 bits per heavy atom. The maximum absolute atomic E-state index is 12.2. The number of anilines is 1. The van der Waals surface area contributed by atoms with Crippen molar-refractivity contribution in [2.24, 2.45) is 0 Å². The monoisotopic (exact) mass is 326 g/mol. The third-order valence-electron chi connectivity index (χ3n) is 4.21. The molecule has 3 rings (SSSR count). The Balaban J connectivity index is 1.46. The summed E-state index contributed by atoms with van der Waals surface area (Å²) in [6, 6.07) is 13.1. The molecule has 1 fully saturated rings. The van der Waals surface area contributed by atoms with Crippen molar-refractivity contribution in [3.8, 4) is 0 Å². The van der Waals surface area contributed by atoms with Gasteiger partial charge in [-0.2, -0.15) is 0 Å². The van der Waals surface area contributed by atoms with Gasteiger partial charge in [0.1, 0.15) is 0 Å². The number of β-amino-alcohol motifs (C(OH)–C–C–N with tert-alkyl or cyclic N) is 1. The van der Waals surface area contributed by atoms with Gasteiger partial charge in [-0.3, -0.25) is 9.88 Å². The van der Waals surface area contributed by atoms with Crippen LogP contribution >= 0.6 is 0 Å². The van der Waals surface area contributed by atoms with E-state index in [-0.39, 0.29) is 6.03 Å². The number of aliphatic hydroxyl groups is 1. The van der Waals surface area contributed by atoms with E-state index in [0.717, 1.165) is 24.3 Å². The Morgan fingerprint density at radius 1 is 1.08 bits per heavy atom. The Morgan fingerprint density at radius 2 is 1.75 bits per heavy atom. The van der Waals surface area contributed by atoms with Crippen LogP contribution in [0.25, 0.3) is 0 Å². The molecule has 6 heteroatoms. The van der Waals surface area contributed by atoms with Crippen LogP contribution in [0.1, 0.15) is 11.7 Å². The number of rotatable bonds is 4. The second kappa shape index (κ2) is 7.90. The summed E-state index contributed by atoms with van der Waals surface area (Å²) in [6.07, 6.45) is 2.81. The highest BCUT2D eigenvalue weighted by Gasteiger charge is 2.22. The number of carbonyl (C=O) groups is 1. The summed E-state index contributed by atoms with van der Waals surface area (Å²) in [5.74, 6) is 0. The van der Waals surface area contributed by atoms with Crippen LogP contribution < -0.4 is 5.32 Å². The second-order valence-electron chi connectivity index (χ2n) is 5.88. The molecule has 2 N–H and O–H groups in total. The summed E-state index contributed by atoms with van der Waals surface area (Å²) in [5, 5.41) is 13.2. The summed E-state index contributed by atoms with van der Waals surface area (Å²) >= 11 is 0. The van der Waals surface area contributed by atoms with Crippen molar-refractivity contribution in [3.63, 3.8) is 0 Å². The number of hydrogen-bond acceptors (Lipinski definition) is 4. The molecule has 0 spiro atoms. The molecule has 0 saturated carbocycles. The van der Waals surface area contributed by atoms with Crippen LogP contribution in [0, 0.1) is 0 Å². The first kappa shape index (κ1) is 16.4. The fraction of sp³-hybridized carbons (Fsp3) is 0.333. The van der Waals surface area contributed by atoms with Gasteiger partial charge in [0.05, 0.1) is 6.10 Å². The molecule has 24 heavy (non-hydrogen) atoms. The molecule has 0 radical (unpaired) electrons. The predicted octanol–water partition coefficient (Wildman–Crippen LogP) is 1.96. The maximum atomic E-state index is 12.2. The zero-order chi connectivity index (χ0) is 16.8. The zero-order valence-corrected chi connectivity index (χ0v) is 13.5. The minimum atomic E-state index is -0.497. The smallest absolute Gasteiger partial charge is 0.321 e. The van der Waals surface area contributed by atoms with Gasteiger partial charge < -0.3 is 15.3 Å². The van der Waals surface area contributed by atoms with Gasteiger partial charge in [0.25, 0.3) is 0 Å². The number of aliphatic hydroxyl groups excluding tert-OH is 1. The summed E-state index contributed by atoms with van der Waals surface area (Å²) < 4.78 is 0. The van der Waals surface area contributed by atoms with Crippen molar-refractivity contribution in [2.45, 2.75) is 6.10 Å². The quantitative estimate of drug-likeness (QED) is 0.901. The molecule has 1 atom stereocenters. The van der Waals surface area contributed by atoms with Crippen molar-refractivity contribution >= 4 is 11.7 Å². The first-order chi connectivity index (χ1) is 11.7. The van der Waals surface area contributed by atoms with Gasteiger partial charge >= 0.3 is 6.03 Å². The Bertz CT molecular complexity index is 643. The predicted molar refractivity (Wildman–Crippen MR) is 92.7 cm³/mol. The van der Waals surface area contributed by atoms with Crippen LogP contribution in [0.15, 0.2) is 54.9 Å². The van der Waals surface area contributed by atoms with Gasteiger partial charge in [0.2, 0.25) is 0 Å². The third-order valence-corrected chi connectivity index (χ3v) is 4.21. The number of amides is 2. The number of hydrogen-bond donors (Lipinski definition) is 2. The van der Waals surface area contributed by atoms with E-state index in [1.165, 1.54) is 0 Å². The normalized spacial score (nSPS) is 16.6. The largest absolute Gasteiger partial charge is 0.387 e. The van der Waals surface area contributed by atoms with E-state index in [4.69, 9.17) is 0 Å². The fourth-order valence-electron chi connectivity index (χ4n) is 2.80. The van der Waals surface area contributed by atoms with Crippen LogP contribution in [0.4, 0.5) is 10.5 Å². The SMILES string of the molecule is O=C(Nc1ccncc1)N1CCN(CC(O)c2ccccc2)CC1. The molecular formula is C18H22N4O2. The zero-order valence-electron chi connectivity index (χ0n) is 13.5. The summed E-state index contributed by atoms with van der Waals surface area (Å²) in [5.41, 5.74) is 1.67. The number of pyridine rings is 1. The Labute approximate surface area is 141 Å². The second-order valence-corrected chi connectivity index (χ2v) is 5.88. The van der Waals surface area contributed by atoms with E-state index in [0.29, 0.717) is 19.6 Å². The minimum absolute atomic E-state index is 0.0931. The van der Waals surface area contributed by atoms with Gasteiger partial charge in [0.15, 0.2) is 0 Å². The van der Waals surface area contributed by atoms with E-state index in [1.807, 2.05) is 30.3 Å². The molecule has 2 amide bonds. The van der Waals surface area contributed by atoms with E-state index in [2.05, 4.69) is 15.2 Å². The summed E-state index contributed by atoms with van der Waals surface area (Å²) in [4.78, 5) is 20.2. The molecule has 0 aliphatic carbocycles. The van der Waals surface area contributed by atoms with Crippen molar-refractivity contribution in [3.05, 3.63) is 60.4 Å². The van der Waals surface area contributed by atoms with E-state index < -0.39 is 6.10 Å². The lowest BCUT2D eigenvalue weighted by Crippen LogP contribution is -2.50. The lowest BCUT2D eigenvalue weighted by molar-refractivity contribution is 0.0831. The van der Waals surface area contributed by atoms with Gasteiger partial charge in [0, 0.05) is 50.8 Å². The van der Waals surface area contributed by atoms with E-state index in [1.54, 1.807) is 29.4 Å². The number of nitrogens with zero attached hydrogens (tertiary/aromatic N) is 3. The highest BCUT2D eigenvalue weighted by Crippen LogP contribution is 2.15. The van der Waals surface area contributed by atoms with Crippen LogP contribution in [0.2, 0.25) is 0 Å². The number of benzene rings is 1. The molecule has 1 aromatic carbocycles. The molecule has 126 valence electrons. The molecule has 2 heterocycles. The molecule has 1 aliphatic heterocycles. The molecular weight excluding hydrogens is 304 g/mol. The highest BCUT2D eigenvalue weighted by atomic mass is 16.3. The number of piperazine rings is 1. The molecule has 1 aromatic heterocycles. The third kappa shape index (κ3) is 4.31. The topological polar surface area (TPSA) is 68.7 Å². The molecule has 1 aliphatic rings. The van der Waals surface area contributed by atoms with Crippen LogP contribution in [-0.4, -0.2) is 58.6 Å². The van der Waals surface area contributed by atoms with Crippen LogP contribution in [0.5, 0.6) is 0 Å². The number of urea groups is 1. The molecule has 6 nitrogen and oxygen atoms in total. The van der Waals surface area contributed by atoms with Gasteiger partial charge in [-0.15, -0.1) is 0 Å². The van der Waals surface area contributed by atoms with E-state index in [9.17, 15) is 9.90 Å². The molecule has 1 saturated heterocycles. The maximum Gasteiger partial charge on any atom is 0.321 e. The fourth-order valence-corrected chi connectivity index (χ4v) is 2.80. The van der Waals surface area contributed by atoms with Crippen molar-refractivity contribution in [1.29, 1.82) is 0 Å². The van der Waals surface area contributed by atoms with Crippen molar-refractivity contribution in [2.75, 3.05) is 38.0 Å². The standard InChI is InChI=1S/C18H22N4O2/c23-17(15-4-2-1-3-5-15)14-21-10-12-22(13-11-21)18(24)20-16-6-8-19-9-7-16/h1-9,17,23H,10-14H2,(H,19,20,24). The van der Waals surface area contributed by atoms with Crippen molar-refractivity contribution in [1.82, 2.24) is 14.8 Å². The average Bonchev–Trinajstić information content (AvgIpc) is 2.64. The Kier molecular flexibility index (Phi) is 5.40. The van der Waals surface area contributed by atoms with Gasteiger partial charge in [-0.05, 0) is 17.7 Å². The Hall–Kier alpha value is -2.44. The minimum Gasteiger partial charge on any atom is -0.387 e. The highest BCUT2D eigenvalue weighted by molar-refractivity contribution is 5.89. The number of carbonyl (C=O) groups excluding carboxylic acids is 1. The molecule has 2 aromatic rings. The number of aromatic nitrogens is 1. The lowest BCUT2D eigenvalue weighted by Gasteiger charge is -2.35.